The fourth-order valence-corrected chi connectivity index (χ4v) is 1.64. The predicted molar refractivity (Wildman–Crippen MR) is 68.7 cm³/mol. The van der Waals surface area contributed by atoms with Gasteiger partial charge in [0.2, 0.25) is 5.71 Å². The third kappa shape index (κ3) is 2.91. The van der Waals surface area contributed by atoms with Crippen LogP contribution in [0, 0.1) is 23.3 Å². The molecule has 2 rings (SSSR count). The van der Waals surface area contributed by atoms with Crippen LogP contribution in [-0.2, 0) is 0 Å². The lowest BCUT2D eigenvalue weighted by Gasteiger charge is -2.03. The molecule has 0 fully saturated rings. The normalized spacial score (nSPS) is 11.5. The SMILES string of the molecule is N/C(=C\C(=[NH2+])c1cc(F)c(F)c(F)c1F)c1ccccn1. The monoisotopic (exact) mass is 296 g/mol. The molecule has 0 aliphatic rings. The minimum Gasteiger partial charge on any atom is -0.397 e. The van der Waals surface area contributed by atoms with E-state index in [1.807, 2.05) is 0 Å². The summed E-state index contributed by atoms with van der Waals surface area (Å²) in [5.74, 6) is -6.96. The lowest BCUT2D eigenvalue weighted by molar-refractivity contribution is -0.111. The van der Waals surface area contributed by atoms with Crippen LogP contribution in [-0.4, -0.2) is 10.7 Å². The number of nitrogens with two attached hydrogens (primary N) is 2. The van der Waals surface area contributed by atoms with Gasteiger partial charge in [0, 0.05) is 12.3 Å². The molecule has 1 aromatic carbocycles. The average molecular weight is 296 g/mol. The highest BCUT2D eigenvalue weighted by Gasteiger charge is 2.23. The topological polar surface area (TPSA) is 64.5 Å². The number of allylic oxidation sites excluding steroid dienone is 1. The Balaban J connectivity index is 2.42. The molecule has 0 aliphatic carbocycles. The molecule has 4 N–H and O–H groups in total. The zero-order valence-corrected chi connectivity index (χ0v) is 10.6. The second kappa shape index (κ2) is 5.74. The molecular formula is C14H10F4N3+. The first kappa shape index (κ1) is 14.7. The molecule has 0 spiro atoms. The van der Waals surface area contributed by atoms with Crippen molar-refractivity contribution < 1.29 is 23.0 Å². The first-order valence-corrected chi connectivity index (χ1v) is 5.76. The van der Waals surface area contributed by atoms with Crippen molar-refractivity contribution >= 4 is 11.4 Å². The van der Waals surface area contributed by atoms with Crippen LogP contribution < -0.4 is 11.1 Å². The molecule has 21 heavy (non-hydrogen) atoms. The molecule has 0 bridgehead atoms. The fraction of sp³-hybridized carbons (Fsp3) is 0. The van der Waals surface area contributed by atoms with Crippen LogP contribution >= 0.6 is 0 Å². The fourth-order valence-electron chi connectivity index (χ4n) is 1.64. The van der Waals surface area contributed by atoms with Gasteiger partial charge in [0.25, 0.3) is 0 Å². The van der Waals surface area contributed by atoms with E-state index < -0.39 is 28.8 Å². The molecule has 0 unspecified atom stereocenters. The van der Waals surface area contributed by atoms with Gasteiger partial charge in [-0.2, -0.15) is 0 Å². The van der Waals surface area contributed by atoms with Gasteiger partial charge in [-0.25, -0.2) is 17.6 Å². The molecule has 0 atom stereocenters. The van der Waals surface area contributed by atoms with Crippen LogP contribution in [0.25, 0.3) is 5.70 Å². The number of halogens is 4. The summed E-state index contributed by atoms with van der Waals surface area (Å²) in [5.41, 5.74) is 5.15. The summed E-state index contributed by atoms with van der Waals surface area (Å²) < 4.78 is 52.7. The number of hydrogen-bond donors (Lipinski definition) is 2. The second-order valence-corrected chi connectivity index (χ2v) is 4.12. The molecule has 108 valence electrons. The van der Waals surface area contributed by atoms with Crippen molar-refractivity contribution in [3.63, 3.8) is 0 Å². The Kier molecular flexibility index (Phi) is 4.02. The quantitative estimate of drug-likeness (QED) is 0.387. The standard InChI is InChI=1S/C14H9F4N3/c15-8-5-7(12(16)14(18)13(8)17)9(19)6-10(20)11-3-1-2-4-21-11/h1-6,19H,20H2/p+1/b10-6-,19-9?. The minimum atomic E-state index is -1.93. The lowest BCUT2D eigenvalue weighted by atomic mass is 10.1. The van der Waals surface area contributed by atoms with E-state index in [9.17, 15) is 17.6 Å². The maximum atomic E-state index is 13.6. The molecule has 0 saturated carbocycles. The van der Waals surface area contributed by atoms with Crippen LogP contribution in [0.1, 0.15) is 11.3 Å². The van der Waals surface area contributed by atoms with Crippen molar-refractivity contribution in [3.05, 3.63) is 71.1 Å². The second-order valence-electron chi connectivity index (χ2n) is 4.12. The summed E-state index contributed by atoms with van der Waals surface area (Å²) in [6.07, 6.45) is 2.57. The lowest BCUT2D eigenvalue weighted by Crippen LogP contribution is -2.40. The number of rotatable bonds is 3. The molecule has 1 heterocycles. The third-order valence-electron chi connectivity index (χ3n) is 2.69. The van der Waals surface area contributed by atoms with E-state index in [4.69, 9.17) is 11.1 Å². The van der Waals surface area contributed by atoms with Crippen molar-refractivity contribution in [2.24, 2.45) is 5.73 Å². The van der Waals surface area contributed by atoms with Gasteiger partial charge >= 0.3 is 0 Å². The Morgan fingerprint density at radius 3 is 2.43 bits per heavy atom. The summed E-state index contributed by atoms with van der Waals surface area (Å²) in [5, 5.41) is 5.56. The Labute approximate surface area is 117 Å². The van der Waals surface area contributed by atoms with Gasteiger partial charge in [0.05, 0.1) is 17.0 Å². The van der Waals surface area contributed by atoms with Gasteiger partial charge in [-0.1, -0.05) is 6.07 Å². The van der Waals surface area contributed by atoms with E-state index in [-0.39, 0.29) is 11.4 Å². The summed E-state index contributed by atoms with van der Waals surface area (Å²) in [4.78, 5) is 3.93. The van der Waals surface area contributed by atoms with E-state index in [0.717, 1.165) is 6.08 Å². The summed E-state index contributed by atoms with van der Waals surface area (Å²) in [6.45, 7) is 0. The van der Waals surface area contributed by atoms with Crippen LogP contribution in [0.4, 0.5) is 17.6 Å². The summed E-state index contributed by atoms with van der Waals surface area (Å²) in [6, 6.07) is 5.36. The molecule has 1 aromatic heterocycles. The van der Waals surface area contributed by atoms with E-state index in [1.165, 1.54) is 6.20 Å². The maximum absolute atomic E-state index is 13.6. The Morgan fingerprint density at radius 1 is 1.10 bits per heavy atom. The predicted octanol–water partition coefficient (Wildman–Crippen LogP) is 1.19. The largest absolute Gasteiger partial charge is 0.397 e. The van der Waals surface area contributed by atoms with E-state index in [2.05, 4.69) is 4.98 Å². The first-order chi connectivity index (χ1) is 9.91. The summed E-state index contributed by atoms with van der Waals surface area (Å²) >= 11 is 0. The first-order valence-electron chi connectivity index (χ1n) is 5.76. The molecule has 3 nitrogen and oxygen atoms in total. The highest BCUT2D eigenvalue weighted by Crippen LogP contribution is 2.19. The number of pyridine rings is 1. The number of hydrogen-bond acceptors (Lipinski definition) is 2. The minimum absolute atomic E-state index is 0.0673. The molecule has 0 radical (unpaired) electrons. The molecule has 2 aromatic rings. The zero-order chi connectivity index (χ0) is 15.6. The Morgan fingerprint density at radius 2 is 1.81 bits per heavy atom. The van der Waals surface area contributed by atoms with Crippen molar-refractivity contribution in [2.45, 2.75) is 0 Å². The van der Waals surface area contributed by atoms with Crippen molar-refractivity contribution in [3.8, 4) is 0 Å². The van der Waals surface area contributed by atoms with Crippen LogP contribution in [0.15, 0.2) is 36.5 Å². The highest BCUT2D eigenvalue weighted by atomic mass is 19.2. The van der Waals surface area contributed by atoms with E-state index in [0.29, 0.717) is 11.8 Å². The van der Waals surface area contributed by atoms with Crippen LogP contribution in [0.3, 0.4) is 0 Å². The molecule has 0 amide bonds. The third-order valence-corrected chi connectivity index (χ3v) is 2.69. The maximum Gasteiger partial charge on any atom is 0.209 e. The summed E-state index contributed by atoms with van der Waals surface area (Å²) in [7, 11) is 0. The Hall–Kier alpha value is -2.70. The van der Waals surface area contributed by atoms with Gasteiger partial charge in [0.1, 0.15) is 0 Å². The van der Waals surface area contributed by atoms with Gasteiger partial charge in [-0.15, -0.1) is 0 Å². The van der Waals surface area contributed by atoms with E-state index in [1.54, 1.807) is 18.2 Å². The number of aromatic nitrogens is 1. The van der Waals surface area contributed by atoms with E-state index >= 15 is 0 Å². The number of nitrogens with zero attached hydrogens (tertiary/aromatic N) is 1. The van der Waals surface area contributed by atoms with Gasteiger partial charge in [-0.3, -0.25) is 10.4 Å². The van der Waals surface area contributed by atoms with Gasteiger partial charge in [0.15, 0.2) is 23.3 Å². The molecule has 0 saturated heterocycles. The number of benzene rings is 1. The van der Waals surface area contributed by atoms with Crippen molar-refractivity contribution in [2.75, 3.05) is 0 Å². The van der Waals surface area contributed by atoms with Crippen molar-refractivity contribution in [1.29, 1.82) is 0 Å². The molecule has 0 aliphatic heterocycles. The molecular weight excluding hydrogens is 286 g/mol. The zero-order valence-electron chi connectivity index (χ0n) is 10.6. The average Bonchev–Trinajstić information content (AvgIpc) is 2.49. The smallest absolute Gasteiger partial charge is 0.209 e. The molecule has 7 heteroatoms. The van der Waals surface area contributed by atoms with Crippen molar-refractivity contribution in [1.82, 2.24) is 4.98 Å². The Bertz CT molecular complexity index is 727. The van der Waals surface area contributed by atoms with Crippen LogP contribution in [0.5, 0.6) is 0 Å². The van der Waals surface area contributed by atoms with Gasteiger partial charge < -0.3 is 5.73 Å². The highest BCUT2D eigenvalue weighted by molar-refractivity contribution is 6.08. The van der Waals surface area contributed by atoms with Crippen LogP contribution in [0.2, 0.25) is 0 Å². The van der Waals surface area contributed by atoms with Gasteiger partial charge in [-0.05, 0) is 18.2 Å².